The van der Waals surface area contributed by atoms with Gasteiger partial charge in [0, 0.05) is 19.0 Å². The molecule has 4 aromatic rings. The number of piperidine rings is 1. The molecule has 0 bridgehead atoms. The van der Waals surface area contributed by atoms with Gasteiger partial charge in [0.1, 0.15) is 11.3 Å². The number of fused-ring (bicyclic) bond motifs is 1. The van der Waals surface area contributed by atoms with Crippen molar-refractivity contribution in [3.05, 3.63) is 65.0 Å². The number of furan rings is 1. The first-order valence-corrected chi connectivity index (χ1v) is 13.2. The molecule has 1 aliphatic rings. The lowest BCUT2D eigenvalue weighted by atomic mass is 9.88. The number of halogens is 1. The molecular weight excluding hydrogens is 486 g/mol. The zero-order valence-corrected chi connectivity index (χ0v) is 23.1. The Balaban J connectivity index is 0.00000320. The average molecular weight is 524 g/mol. The van der Waals surface area contributed by atoms with E-state index in [1.807, 2.05) is 24.3 Å². The third kappa shape index (κ3) is 6.55. The van der Waals surface area contributed by atoms with Crippen molar-refractivity contribution in [3.63, 3.8) is 0 Å². The van der Waals surface area contributed by atoms with Crippen LogP contribution in [0.1, 0.15) is 61.6 Å². The topological polar surface area (TPSA) is 64.5 Å². The Bertz CT molecular complexity index is 1300. The number of rotatable bonds is 9. The summed E-state index contributed by atoms with van der Waals surface area (Å²) < 4.78 is 18.0. The van der Waals surface area contributed by atoms with Crippen molar-refractivity contribution >= 4 is 23.4 Å². The van der Waals surface area contributed by atoms with Gasteiger partial charge in [-0.1, -0.05) is 38.1 Å². The molecule has 37 heavy (non-hydrogen) atoms. The molecule has 7 heteroatoms. The molecule has 6 nitrogen and oxygen atoms in total. The van der Waals surface area contributed by atoms with Crippen LogP contribution in [-0.4, -0.2) is 41.3 Å². The Morgan fingerprint density at radius 2 is 1.81 bits per heavy atom. The molecule has 0 amide bonds. The maximum Gasteiger partial charge on any atom is 0.283 e. The number of aryl methyl sites for hydroxylation is 2. The highest BCUT2D eigenvalue weighted by Gasteiger charge is 2.21. The number of hydrogen-bond donors (Lipinski definition) is 0. The number of likely N-dealkylation sites (tertiary alicyclic amines) is 1. The van der Waals surface area contributed by atoms with Gasteiger partial charge in [0.05, 0.1) is 12.0 Å². The molecule has 0 aliphatic carbocycles. The zero-order valence-electron chi connectivity index (χ0n) is 22.3. The SMILES string of the molecule is Cc1ccc(C2CCN(CCCOc3cccc4oc(-c5nnc(CC(C)C)o5)cc34)CC2)cc1C.Cl. The van der Waals surface area contributed by atoms with E-state index < -0.39 is 0 Å². The maximum absolute atomic E-state index is 6.18. The minimum Gasteiger partial charge on any atom is -0.493 e. The number of aromatic nitrogens is 2. The van der Waals surface area contributed by atoms with Crippen LogP contribution in [0.15, 0.2) is 51.3 Å². The van der Waals surface area contributed by atoms with E-state index in [1.54, 1.807) is 0 Å². The molecule has 198 valence electrons. The number of nitrogens with zero attached hydrogens (tertiary/aromatic N) is 3. The van der Waals surface area contributed by atoms with Gasteiger partial charge in [-0.25, -0.2) is 0 Å². The highest BCUT2D eigenvalue weighted by Crippen LogP contribution is 2.33. The van der Waals surface area contributed by atoms with E-state index in [-0.39, 0.29) is 12.4 Å². The van der Waals surface area contributed by atoms with Crippen molar-refractivity contribution in [2.75, 3.05) is 26.2 Å². The predicted molar refractivity (Wildman–Crippen MR) is 150 cm³/mol. The smallest absolute Gasteiger partial charge is 0.283 e. The number of ether oxygens (including phenoxy) is 1. The lowest BCUT2D eigenvalue weighted by Gasteiger charge is -2.32. The van der Waals surface area contributed by atoms with Crippen LogP contribution in [0.3, 0.4) is 0 Å². The molecule has 0 atom stereocenters. The summed E-state index contributed by atoms with van der Waals surface area (Å²) in [4.78, 5) is 2.57. The first-order valence-electron chi connectivity index (χ1n) is 13.2. The molecule has 0 spiro atoms. The molecular formula is C30H38ClN3O3. The monoisotopic (exact) mass is 523 g/mol. The normalized spacial score (nSPS) is 14.8. The average Bonchev–Trinajstić information content (AvgIpc) is 3.51. The summed E-state index contributed by atoms with van der Waals surface area (Å²) in [7, 11) is 0. The summed E-state index contributed by atoms with van der Waals surface area (Å²) >= 11 is 0. The van der Waals surface area contributed by atoms with E-state index in [9.17, 15) is 0 Å². The Kier molecular flexibility index (Phi) is 8.93. The standard InChI is InChI=1S/C30H37N3O3.ClH/c1-20(2)17-29-31-32-30(36-29)28-19-25-26(7-5-8-27(25)35-28)34-16-6-13-33-14-11-23(12-15-33)24-10-9-21(3)22(4)18-24;/h5,7-10,18-20,23H,6,11-17H2,1-4H3;1H. The van der Waals surface area contributed by atoms with E-state index in [0.717, 1.165) is 49.2 Å². The summed E-state index contributed by atoms with van der Waals surface area (Å²) in [5, 5.41) is 9.25. The summed E-state index contributed by atoms with van der Waals surface area (Å²) in [5.74, 6) is 3.60. The van der Waals surface area contributed by atoms with E-state index >= 15 is 0 Å². The van der Waals surface area contributed by atoms with Gasteiger partial charge < -0.3 is 18.5 Å². The molecule has 2 aromatic heterocycles. The summed E-state index contributed by atoms with van der Waals surface area (Å²) in [6, 6.07) is 14.8. The lowest BCUT2D eigenvalue weighted by molar-refractivity contribution is 0.193. The van der Waals surface area contributed by atoms with Crippen molar-refractivity contribution in [2.24, 2.45) is 5.92 Å². The van der Waals surface area contributed by atoms with Gasteiger partial charge in [0.15, 0.2) is 5.76 Å². The minimum absolute atomic E-state index is 0. The van der Waals surface area contributed by atoms with E-state index in [4.69, 9.17) is 13.6 Å². The Labute approximate surface area is 225 Å². The second-order valence-corrected chi connectivity index (χ2v) is 10.5. The maximum atomic E-state index is 6.18. The van der Waals surface area contributed by atoms with Crippen LogP contribution in [0.4, 0.5) is 0 Å². The molecule has 0 saturated carbocycles. The molecule has 2 aromatic carbocycles. The zero-order chi connectivity index (χ0) is 25.1. The fraction of sp³-hybridized carbons (Fsp3) is 0.467. The Hall–Kier alpha value is -2.83. The van der Waals surface area contributed by atoms with E-state index in [1.165, 1.54) is 29.5 Å². The quantitative estimate of drug-likeness (QED) is 0.213. The lowest BCUT2D eigenvalue weighted by Crippen LogP contribution is -2.34. The van der Waals surface area contributed by atoms with Crippen LogP contribution in [0.2, 0.25) is 0 Å². The summed E-state index contributed by atoms with van der Waals surface area (Å²) in [6.45, 7) is 12.7. The van der Waals surface area contributed by atoms with Crippen LogP contribution >= 0.6 is 12.4 Å². The fourth-order valence-corrected chi connectivity index (χ4v) is 5.03. The third-order valence-corrected chi connectivity index (χ3v) is 7.25. The van der Waals surface area contributed by atoms with Crippen LogP contribution in [-0.2, 0) is 6.42 Å². The molecule has 1 aliphatic heterocycles. The minimum atomic E-state index is 0. The second kappa shape index (κ2) is 12.1. The number of hydrogen-bond acceptors (Lipinski definition) is 6. The van der Waals surface area contributed by atoms with Gasteiger partial charge in [-0.3, -0.25) is 0 Å². The second-order valence-electron chi connectivity index (χ2n) is 10.5. The van der Waals surface area contributed by atoms with Gasteiger partial charge in [-0.2, -0.15) is 0 Å². The Morgan fingerprint density at radius 1 is 1.00 bits per heavy atom. The summed E-state index contributed by atoms with van der Waals surface area (Å²) in [6.07, 6.45) is 4.21. The van der Waals surface area contributed by atoms with Crippen molar-refractivity contribution < 1.29 is 13.6 Å². The third-order valence-electron chi connectivity index (χ3n) is 7.25. The van der Waals surface area contributed by atoms with Crippen LogP contribution < -0.4 is 4.74 Å². The molecule has 3 heterocycles. The first-order chi connectivity index (χ1) is 17.5. The molecule has 1 saturated heterocycles. The van der Waals surface area contributed by atoms with Gasteiger partial charge in [0.2, 0.25) is 5.89 Å². The van der Waals surface area contributed by atoms with Crippen molar-refractivity contribution in [2.45, 2.75) is 59.3 Å². The largest absolute Gasteiger partial charge is 0.493 e. The van der Waals surface area contributed by atoms with Gasteiger partial charge >= 0.3 is 0 Å². The molecule has 5 rings (SSSR count). The first kappa shape index (κ1) is 27.2. The van der Waals surface area contributed by atoms with Crippen molar-refractivity contribution in [3.8, 4) is 17.4 Å². The number of benzene rings is 2. The molecule has 0 unspecified atom stereocenters. The summed E-state index contributed by atoms with van der Waals surface area (Å²) in [5.41, 5.74) is 5.05. The Morgan fingerprint density at radius 3 is 2.57 bits per heavy atom. The van der Waals surface area contributed by atoms with Gasteiger partial charge in [-0.05, 0) is 86.9 Å². The highest BCUT2D eigenvalue weighted by atomic mass is 35.5. The van der Waals surface area contributed by atoms with Gasteiger partial charge in [0.25, 0.3) is 5.89 Å². The molecule has 1 fully saturated rings. The predicted octanol–water partition coefficient (Wildman–Crippen LogP) is 7.37. The van der Waals surface area contributed by atoms with Crippen LogP contribution in [0, 0.1) is 19.8 Å². The van der Waals surface area contributed by atoms with Crippen LogP contribution in [0.25, 0.3) is 22.6 Å². The molecule has 0 radical (unpaired) electrons. The molecule has 0 N–H and O–H groups in total. The van der Waals surface area contributed by atoms with Crippen LogP contribution in [0.5, 0.6) is 5.75 Å². The van der Waals surface area contributed by atoms with E-state index in [2.05, 4.69) is 61.0 Å². The van der Waals surface area contributed by atoms with E-state index in [0.29, 0.717) is 36.0 Å². The highest BCUT2D eigenvalue weighted by molar-refractivity contribution is 5.87. The van der Waals surface area contributed by atoms with Crippen molar-refractivity contribution in [1.82, 2.24) is 15.1 Å². The fourth-order valence-electron chi connectivity index (χ4n) is 5.03. The van der Waals surface area contributed by atoms with Crippen molar-refractivity contribution in [1.29, 1.82) is 0 Å². The van der Waals surface area contributed by atoms with Gasteiger partial charge in [-0.15, -0.1) is 22.6 Å².